The number of aromatic nitrogens is 2. The van der Waals surface area contributed by atoms with Crippen LogP contribution < -0.4 is 5.56 Å². The molecule has 0 bridgehead atoms. The first kappa shape index (κ1) is 16.4. The highest BCUT2D eigenvalue weighted by Gasteiger charge is 2.27. The lowest BCUT2D eigenvalue weighted by molar-refractivity contribution is 0.296. The van der Waals surface area contributed by atoms with Gasteiger partial charge in [0.15, 0.2) is 5.16 Å². The summed E-state index contributed by atoms with van der Waals surface area (Å²) < 4.78 is 0. The van der Waals surface area contributed by atoms with Crippen molar-refractivity contribution in [2.24, 2.45) is 0 Å². The molecule has 4 rings (SSSR count). The molecule has 128 valence electrons. The van der Waals surface area contributed by atoms with Crippen molar-refractivity contribution in [2.75, 3.05) is 19.3 Å². The minimum atomic E-state index is -0.0479. The molecule has 1 N–H and O–H groups in total. The van der Waals surface area contributed by atoms with Crippen molar-refractivity contribution >= 4 is 22.7 Å². The lowest BCUT2D eigenvalue weighted by Gasteiger charge is -2.33. The maximum absolute atomic E-state index is 12.5. The maximum atomic E-state index is 12.5. The fourth-order valence-corrected chi connectivity index (χ4v) is 4.26. The number of rotatable bonds is 3. The Kier molecular flexibility index (Phi) is 4.36. The topological polar surface area (TPSA) is 49.0 Å². The van der Waals surface area contributed by atoms with Gasteiger partial charge in [-0.3, -0.25) is 4.79 Å². The molecule has 5 heteroatoms. The number of fused-ring (bicyclic) bond motifs is 3. The molecule has 1 aliphatic heterocycles. The van der Waals surface area contributed by atoms with Gasteiger partial charge in [0.1, 0.15) is 0 Å². The number of thioether (sulfide) groups is 1. The zero-order valence-electron chi connectivity index (χ0n) is 14.5. The standard InChI is InChI=1S/C20H21N3OS/c1-3-25-20-21-18-15(19(24)22-20)10-9-14-16(11-23(2)12-17(14)18)13-7-5-4-6-8-13/h4-10,16H,3,11-12H2,1-2H3,(H,21,22,24). The number of benzene rings is 2. The first-order chi connectivity index (χ1) is 12.2. The molecular formula is C20H21N3OS. The number of nitrogens with one attached hydrogen (secondary N) is 1. The quantitative estimate of drug-likeness (QED) is 0.578. The molecule has 2 heterocycles. The first-order valence-corrected chi connectivity index (χ1v) is 9.58. The van der Waals surface area contributed by atoms with E-state index in [-0.39, 0.29) is 5.56 Å². The Morgan fingerprint density at radius 3 is 2.80 bits per heavy atom. The van der Waals surface area contributed by atoms with Crippen molar-refractivity contribution < 1.29 is 0 Å². The van der Waals surface area contributed by atoms with Crippen LogP contribution in [0.1, 0.15) is 29.5 Å². The minimum absolute atomic E-state index is 0.0479. The van der Waals surface area contributed by atoms with Gasteiger partial charge in [0.2, 0.25) is 0 Å². The molecule has 25 heavy (non-hydrogen) atoms. The van der Waals surface area contributed by atoms with Crippen LogP contribution in [0.5, 0.6) is 0 Å². The second-order valence-electron chi connectivity index (χ2n) is 6.49. The predicted molar refractivity (Wildman–Crippen MR) is 103 cm³/mol. The van der Waals surface area contributed by atoms with Crippen molar-refractivity contribution in [3.05, 3.63) is 69.5 Å². The van der Waals surface area contributed by atoms with E-state index in [9.17, 15) is 4.79 Å². The normalized spacial score (nSPS) is 17.6. The Balaban J connectivity index is 1.94. The number of aromatic amines is 1. The average Bonchev–Trinajstić information content (AvgIpc) is 2.62. The number of hydrogen-bond donors (Lipinski definition) is 1. The molecule has 1 aromatic heterocycles. The Bertz CT molecular complexity index is 968. The zero-order valence-corrected chi connectivity index (χ0v) is 15.3. The Morgan fingerprint density at radius 2 is 2.04 bits per heavy atom. The monoisotopic (exact) mass is 351 g/mol. The van der Waals surface area contributed by atoms with Gasteiger partial charge < -0.3 is 9.88 Å². The summed E-state index contributed by atoms with van der Waals surface area (Å²) in [6.45, 7) is 3.86. The van der Waals surface area contributed by atoms with Crippen LogP contribution in [0.3, 0.4) is 0 Å². The van der Waals surface area contributed by atoms with Gasteiger partial charge in [-0.25, -0.2) is 4.98 Å². The molecule has 1 aliphatic rings. The van der Waals surface area contributed by atoms with Gasteiger partial charge in [-0.05, 0) is 35.6 Å². The number of H-pyrrole nitrogens is 1. The molecule has 0 radical (unpaired) electrons. The van der Waals surface area contributed by atoms with Gasteiger partial charge in [-0.2, -0.15) is 0 Å². The van der Waals surface area contributed by atoms with Crippen LogP contribution in [0.2, 0.25) is 0 Å². The Hall–Kier alpha value is -2.11. The van der Waals surface area contributed by atoms with Crippen molar-refractivity contribution in [2.45, 2.75) is 24.5 Å². The maximum Gasteiger partial charge on any atom is 0.259 e. The highest BCUT2D eigenvalue weighted by atomic mass is 32.2. The zero-order chi connectivity index (χ0) is 17.4. The van der Waals surface area contributed by atoms with E-state index in [0.717, 1.165) is 24.4 Å². The lowest BCUT2D eigenvalue weighted by atomic mass is 9.84. The summed E-state index contributed by atoms with van der Waals surface area (Å²) in [5.41, 5.74) is 4.59. The predicted octanol–water partition coefficient (Wildman–Crippen LogP) is 3.61. The average molecular weight is 351 g/mol. The molecule has 4 nitrogen and oxygen atoms in total. The number of hydrogen-bond acceptors (Lipinski definition) is 4. The van der Waals surface area contributed by atoms with Crippen molar-refractivity contribution in [3.63, 3.8) is 0 Å². The summed E-state index contributed by atoms with van der Waals surface area (Å²) in [5, 5.41) is 1.39. The van der Waals surface area contributed by atoms with Crippen molar-refractivity contribution in [3.8, 4) is 0 Å². The molecule has 0 fully saturated rings. The second-order valence-corrected chi connectivity index (χ2v) is 7.75. The van der Waals surface area contributed by atoms with E-state index in [4.69, 9.17) is 4.98 Å². The molecule has 1 atom stereocenters. The summed E-state index contributed by atoms with van der Waals surface area (Å²) in [6, 6.07) is 14.6. The van der Waals surface area contributed by atoms with E-state index in [1.54, 1.807) is 11.8 Å². The van der Waals surface area contributed by atoms with Crippen LogP contribution in [0.25, 0.3) is 10.9 Å². The van der Waals surface area contributed by atoms with Gasteiger partial charge in [0, 0.05) is 19.0 Å². The molecule has 0 amide bonds. The Morgan fingerprint density at radius 1 is 1.24 bits per heavy atom. The number of likely N-dealkylation sites (N-methyl/N-ethyl adjacent to an activating group) is 1. The third kappa shape index (κ3) is 2.98. The molecule has 3 aromatic rings. The smallest absolute Gasteiger partial charge is 0.259 e. The fraction of sp³-hybridized carbons (Fsp3) is 0.300. The lowest BCUT2D eigenvalue weighted by Crippen LogP contribution is -2.31. The van der Waals surface area contributed by atoms with E-state index in [2.05, 4.69) is 54.2 Å². The van der Waals surface area contributed by atoms with Gasteiger partial charge in [-0.1, -0.05) is 55.1 Å². The van der Waals surface area contributed by atoms with Crippen LogP contribution in [0.15, 0.2) is 52.4 Å². The molecule has 0 saturated carbocycles. The summed E-state index contributed by atoms with van der Waals surface area (Å²) >= 11 is 1.57. The van der Waals surface area contributed by atoms with Gasteiger partial charge in [0.05, 0.1) is 10.9 Å². The van der Waals surface area contributed by atoms with E-state index < -0.39 is 0 Å². The summed E-state index contributed by atoms with van der Waals surface area (Å²) in [7, 11) is 2.13. The van der Waals surface area contributed by atoms with Gasteiger partial charge >= 0.3 is 0 Å². The van der Waals surface area contributed by atoms with E-state index in [1.165, 1.54) is 16.7 Å². The van der Waals surface area contributed by atoms with Gasteiger partial charge in [-0.15, -0.1) is 0 Å². The first-order valence-electron chi connectivity index (χ1n) is 8.59. The molecule has 2 aromatic carbocycles. The van der Waals surface area contributed by atoms with Crippen LogP contribution in [-0.2, 0) is 6.54 Å². The largest absolute Gasteiger partial charge is 0.301 e. The highest BCUT2D eigenvalue weighted by molar-refractivity contribution is 7.99. The molecule has 0 saturated heterocycles. The summed E-state index contributed by atoms with van der Waals surface area (Å²) in [5.74, 6) is 1.19. The number of nitrogens with zero attached hydrogens (tertiary/aromatic N) is 2. The third-order valence-electron chi connectivity index (χ3n) is 4.78. The fourth-order valence-electron chi connectivity index (χ4n) is 3.67. The molecule has 0 aliphatic carbocycles. The van der Waals surface area contributed by atoms with E-state index >= 15 is 0 Å². The Labute approximate surface area is 151 Å². The summed E-state index contributed by atoms with van der Waals surface area (Å²) in [6.07, 6.45) is 0. The minimum Gasteiger partial charge on any atom is -0.301 e. The third-order valence-corrected chi connectivity index (χ3v) is 5.53. The van der Waals surface area contributed by atoms with Gasteiger partial charge in [0.25, 0.3) is 5.56 Å². The second kappa shape index (κ2) is 6.65. The molecule has 1 unspecified atom stereocenters. The molecular weight excluding hydrogens is 330 g/mol. The van der Waals surface area contributed by atoms with Crippen LogP contribution in [0, 0.1) is 0 Å². The van der Waals surface area contributed by atoms with Crippen LogP contribution in [-0.4, -0.2) is 34.2 Å². The van der Waals surface area contributed by atoms with E-state index in [0.29, 0.717) is 16.5 Å². The SMILES string of the molecule is CCSc1nc2c3c(ccc2c(=O)[nH]1)C(c1ccccc1)CN(C)C3. The molecule has 0 spiro atoms. The van der Waals surface area contributed by atoms with Crippen molar-refractivity contribution in [1.82, 2.24) is 14.9 Å². The van der Waals surface area contributed by atoms with Crippen LogP contribution in [0.4, 0.5) is 0 Å². The van der Waals surface area contributed by atoms with E-state index in [1.807, 2.05) is 12.1 Å². The highest BCUT2D eigenvalue weighted by Crippen LogP contribution is 2.35. The van der Waals surface area contributed by atoms with Crippen molar-refractivity contribution in [1.29, 1.82) is 0 Å². The summed E-state index contributed by atoms with van der Waals surface area (Å²) in [4.78, 5) is 22.5. The van der Waals surface area contributed by atoms with Crippen LogP contribution >= 0.6 is 11.8 Å².